The van der Waals surface area contributed by atoms with E-state index in [4.69, 9.17) is 4.42 Å². The van der Waals surface area contributed by atoms with Gasteiger partial charge in [-0.1, -0.05) is 11.8 Å². The Bertz CT molecular complexity index is 1130. The minimum Gasteiger partial charge on any atom is -0.467 e. The number of benzene rings is 1. The molecule has 2 aromatic heterocycles. The molecule has 0 atom stereocenters. The van der Waals surface area contributed by atoms with Crippen molar-refractivity contribution >= 4 is 35.2 Å². The lowest BCUT2D eigenvalue weighted by Gasteiger charge is -2.27. The quantitative estimate of drug-likeness (QED) is 0.444. The van der Waals surface area contributed by atoms with Crippen LogP contribution in [0.2, 0.25) is 0 Å². The monoisotopic (exact) mass is 490 g/mol. The Labute approximate surface area is 198 Å². The van der Waals surface area contributed by atoms with E-state index in [0.29, 0.717) is 11.7 Å². The minimum atomic E-state index is -1.07. The Kier molecular flexibility index (Phi) is 7.78. The number of carbonyl (C=O) groups excluding carboxylic acids is 2. The van der Waals surface area contributed by atoms with Crippen molar-refractivity contribution in [2.45, 2.75) is 31.0 Å². The second-order valence-electron chi connectivity index (χ2n) is 7.74. The van der Waals surface area contributed by atoms with Gasteiger partial charge < -0.3 is 20.0 Å². The second-order valence-corrected chi connectivity index (χ2v) is 8.68. The van der Waals surface area contributed by atoms with Crippen molar-refractivity contribution in [3.63, 3.8) is 0 Å². The summed E-state index contributed by atoms with van der Waals surface area (Å²) in [7, 11) is 0. The Morgan fingerprint density at radius 2 is 1.88 bits per heavy atom. The first-order valence-corrected chi connectivity index (χ1v) is 11.8. The first kappa shape index (κ1) is 23.7. The Morgan fingerprint density at radius 3 is 2.62 bits per heavy atom. The molecule has 0 aliphatic carbocycles. The Morgan fingerprint density at radius 1 is 1.06 bits per heavy atom. The van der Waals surface area contributed by atoms with E-state index in [1.807, 2.05) is 16.7 Å². The van der Waals surface area contributed by atoms with Gasteiger partial charge in [0.25, 0.3) is 0 Å². The third kappa shape index (κ3) is 6.13. The van der Waals surface area contributed by atoms with Crippen LogP contribution in [-0.2, 0) is 16.1 Å². The fraction of sp³-hybridized carbons (Fsp3) is 0.364. The SMILES string of the molecule is O=C(CSc1nnc(N2CCCCC2)n1Cc1ccco1)NCC(=O)Nc1ccc(F)c(F)c1. The lowest BCUT2D eigenvalue weighted by atomic mass is 10.1. The van der Waals surface area contributed by atoms with Crippen molar-refractivity contribution in [1.82, 2.24) is 20.1 Å². The van der Waals surface area contributed by atoms with E-state index in [0.717, 1.165) is 49.8 Å². The summed E-state index contributed by atoms with van der Waals surface area (Å²) in [5, 5.41) is 14.1. The van der Waals surface area contributed by atoms with Crippen LogP contribution in [0, 0.1) is 11.6 Å². The van der Waals surface area contributed by atoms with Gasteiger partial charge in [-0.05, 0) is 43.5 Å². The zero-order valence-corrected chi connectivity index (χ0v) is 19.1. The van der Waals surface area contributed by atoms with Gasteiger partial charge in [0.1, 0.15) is 5.76 Å². The number of anilines is 2. The summed E-state index contributed by atoms with van der Waals surface area (Å²) >= 11 is 1.21. The highest BCUT2D eigenvalue weighted by molar-refractivity contribution is 7.99. The van der Waals surface area contributed by atoms with Gasteiger partial charge in [0, 0.05) is 24.8 Å². The third-order valence-corrected chi connectivity index (χ3v) is 6.18. The summed E-state index contributed by atoms with van der Waals surface area (Å²) in [5.74, 6) is -1.50. The largest absolute Gasteiger partial charge is 0.467 e. The molecular weight excluding hydrogens is 466 g/mol. The van der Waals surface area contributed by atoms with E-state index < -0.39 is 17.5 Å². The predicted octanol–water partition coefficient (Wildman–Crippen LogP) is 3.03. The van der Waals surface area contributed by atoms with Crippen LogP contribution in [-0.4, -0.2) is 52.0 Å². The van der Waals surface area contributed by atoms with Crippen molar-refractivity contribution in [2.24, 2.45) is 0 Å². The van der Waals surface area contributed by atoms with E-state index in [2.05, 4.69) is 25.7 Å². The van der Waals surface area contributed by atoms with Gasteiger partial charge >= 0.3 is 0 Å². The molecule has 0 radical (unpaired) electrons. The number of hydrogen-bond donors (Lipinski definition) is 2. The molecule has 1 aliphatic heterocycles. The summed E-state index contributed by atoms with van der Waals surface area (Å²) in [6, 6.07) is 6.70. The van der Waals surface area contributed by atoms with Gasteiger partial charge in [0.2, 0.25) is 17.8 Å². The van der Waals surface area contributed by atoms with Crippen LogP contribution >= 0.6 is 11.8 Å². The lowest BCUT2D eigenvalue weighted by molar-refractivity contribution is -0.122. The lowest BCUT2D eigenvalue weighted by Crippen LogP contribution is -2.34. The summed E-state index contributed by atoms with van der Waals surface area (Å²) < 4.78 is 33.7. The number of carbonyl (C=O) groups is 2. The molecule has 1 saturated heterocycles. The fourth-order valence-corrected chi connectivity index (χ4v) is 4.31. The van der Waals surface area contributed by atoms with Crippen LogP contribution < -0.4 is 15.5 Å². The highest BCUT2D eigenvalue weighted by atomic mass is 32.2. The third-order valence-electron chi connectivity index (χ3n) is 5.21. The molecule has 1 aromatic carbocycles. The molecule has 2 amide bonds. The van der Waals surface area contributed by atoms with Crippen molar-refractivity contribution in [3.05, 3.63) is 54.0 Å². The molecule has 1 fully saturated rings. The molecule has 0 unspecified atom stereocenters. The first-order valence-electron chi connectivity index (χ1n) is 10.8. The maximum atomic E-state index is 13.3. The molecule has 1 aliphatic rings. The van der Waals surface area contributed by atoms with E-state index in [9.17, 15) is 18.4 Å². The summed E-state index contributed by atoms with van der Waals surface area (Å²) in [5.41, 5.74) is 0.101. The van der Waals surface area contributed by atoms with Crippen molar-refractivity contribution in [3.8, 4) is 0 Å². The highest BCUT2D eigenvalue weighted by Crippen LogP contribution is 2.25. The average molecular weight is 491 g/mol. The maximum Gasteiger partial charge on any atom is 0.243 e. The van der Waals surface area contributed by atoms with Gasteiger partial charge in [0.05, 0.1) is 25.1 Å². The van der Waals surface area contributed by atoms with Crippen LogP contribution in [0.15, 0.2) is 46.2 Å². The number of aromatic nitrogens is 3. The Balaban J connectivity index is 1.33. The van der Waals surface area contributed by atoms with E-state index in [1.54, 1.807) is 6.26 Å². The zero-order valence-electron chi connectivity index (χ0n) is 18.3. The number of nitrogens with zero attached hydrogens (tertiary/aromatic N) is 4. The molecule has 0 spiro atoms. The predicted molar refractivity (Wildman–Crippen MR) is 123 cm³/mol. The van der Waals surface area contributed by atoms with Gasteiger partial charge in [-0.25, -0.2) is 8.78 Å². The number of furan rings is 1. The molecule has 12 heteroatoms. The molecule has 9 nitrogen and oxygen atoms in total. The number of nitrogens with one attached hydrogen (secondary N) is 2. The van der Waals surface area contributed by atoms with Gasteiger partial charge in [-0.3, -0.25) is 14.2 Å². The second kappa shape index (κ2) is 11.1. The van der Waals surface area contributed by atoms with Crippen molar-refractivity contribution in [2.75, 3.05) is 35.6 Å². The summed E-state index contributed by atoms with van der Waals surface area (Å²) in [4.78, 5) is 26.5. The number of hydrogen-bond acceptors (Lipinski definition) is 7. The van der Waals surface area contributed by atoms with Crippen LogP contribution in [0.25, 0.3) is 0 Å². The Hall–Kier alpha value is -3.41. The standard InChI is InChI=1S/C22H24F2N6O3S/c23-17-7-6-15(11-18(17)24)26-19(31)12-25-20(32)14-34-22-28-27-21(29-8-2-1-3-9-29)30(22)13-16-5-4-10-33-16/h4-7,10-11H,1-3,8-9,12-14H2,(H,25,32)(H,26,31). The highest BCUT2D eigenvalue weighted by Gasteiger charge is 2.22. The fourth-order valence-electron chi connectivity index (χ4n) is 3.55. The van der Waals surface area contributed by atoms with Gasteiger partial charge in [-0.15, -0.1) is 10.2 Å². The topological polar surface area (TPSA) is 105 Å². The molecule has 34 heavy (non-hydrogen) atoms. The maximum absolute atomic E-state index is 13.3. The van der Waals surface area contributed by atoms with Crippen LogP contribution in [0.1, 0.15) is 25.0 Å². The first-order chi connectivity index (χ1) is 16.5. The average Bonchev–Trinajstić information content (AvgIpc) is 3.50. The van der Waals surface area contributed by atoms with Crippen LogP contribution in [0.5, 0.6) is 0 Å². The summed E-state index contributed by atoms with van der Waals surface area (Å²) in [6.07, 6.45) is 4.97. The molecule has 0 saturated carbocycles. The number of thioether (sulfide) groups is 1. The number of halogens is 2. The van der Waals surface area contributed by atoms with Gasteiger partial charge in [-0.2, -0.15) is 0 Å². The summed E-state index contributed by atoms with van der Waals surface area (Å²) in [6.45, 7) is 1.92. The molecule has 180 valence electrons. The minimum absolute atomic E-state index is 0.0226. The van der Waals surface area contributed by atoms with Crippen LogP contribution in [0.4, 0.5) is 20.4 Å². The van der Waals surface area contributed by atoms with Crippen molar-refractivity contribution in [1.29, 1.82) is 0 Å². The smallest absolute Gasteiger partial charge is 0.243 e. The molecule has 3 heterocycles. The molecule has 2 N–H and O–H groups in total. The molecular formula is C22H24F2N6O3S. The molecule has 3 aromatic rings. The molecule has 0 bridgehead atoms. The van der Waals surface area contributed by atoms with E-state index in [-0.39, 0.29) is 23.9 Å². The normalized spacial score (nSPS) is 13.6. The number of amides is 2. The molecule has 4 rings (SSSR count). The van der Waals surface area contributed by atoms with Crippen LogP contribution in [0.3, 0.4) is 0 Å². The van der Waals surface area contributed by atoms with Gasteiger partial charge in [0.15, 0.2) is 16.8 Å². The van der Waals surface area contributed by atoms with E-state index in [1.165, 1.54) is 24.2 Å². The van der Waals surface area contributed by atoms with Crippen molar-refractivity contribution < 1.29 is 22.8 Å². The van der Waals surface area contributed by atoms with E-state index >= 15 is 0 Å². The number of rotatable bonds is 9. The zero-order chi connectivity index (χ0) is 23.9. The number of piperidine rings is 1.